The fourth-order valence-corrected chi connectivity index (χ4v) is 9.68. The molecular formula is C53H33N3. The standard InChI is InChI=1S/C53H33N3/c1-4-16-34(17-5-1)37-28-29-49-42(30-37)43-31-47-41(40-24-12-15-27-46(40)53(47)44-25-13-10-22-38(44)39-23-11-14-26-45(39)53)32-50(43)56(49)51-33-48(35-18-6-2-7-19-35)54-52(55-51)36-20-8-3-9-21-36/h1-33H. The maximum Gasteiger partial charge on any atom is 0.162 e. The van der Waals surface area contributed by atoms with Gasteiger partial charge in [0, 0.05) is 28.0 Å². The third kappa shape index (κ3) is 4.28. The average Bonchev–Trinajstić information content (AvgIpc) is 3.87. The van der Waals surface area contributed by atoms with E-state index in [-0.39, 0.29) is 0 Å². The number of aromatic nitrogens is 3. The first kappa shape index (κ1) is 31.0. The molecule has 1 spiro atoms. The molecule has 3 nitrogen and oxygen atoms in total. The second-order valence-electron chi connectivity index (χ2n) is 14.9. The van der Waals surface area contributed by atoms with Gasteiger partial charge >= 0.3 is 0 Å². The molecule has 260 valence electrons. The first-order chi connectivity index (χ1) is 27.8. The van der Waals surface area contributed by atoms with Crippen molar-refractivity contribution in [2.45, 2.75) is 5.41 Å². The van der Waals surface area contributed by atoms with Gasteiger partial charge in [0.1, 0.15) is 5.82 Å². The lowest BCUT2D eigenvalue weighted by atomic mass is 9.70. The van der Waals surface area contributed by atoms with E-state index < -0.39 is 5.41 Å². The van der Waals surface area contributed by atoms with E-state index in [0.29, 0.717) is 5.82 Å². The van der Waals surface area contributed by atoms with Gasteiger partial charge in [-0.05, 0) is 79.9 Å². The van der Waals surface area contributed by atoms with Gasteiger partial charge in [-0.2, -0.15) is 0 Å². The van der Waals surface area contributed by atoms with Crippen molar-refractivity contribution < 1.29 is 0 Å². The lowest BCUT2D eigenvalue weighted by molar-refractivity contribution is 0.795. The number of benzene rings is 8. The normalized spacial score (nSPS) is 13.1. The summed E-state index contributed by atoms with van der Waals surface area (Å²) in [7, 11) is 0. The van der Waals surface area contributed by atoms with Crippen molar-refractivity contribution in [1.82, 2.24) is 14.5 Å². The maximum atomic E-state index is 5.37. The minimum atomic E-state index is -0.436. The van der Waals surface area contributed by atoms with Crippen LogP contribution in [0.2, 0.25) is 0 Å². The van der Waals surface area contributed by atoms with E-state index in [1.807, 2.05) is 12.1 Å². The summed E-state index contributed by atoms with van der Waals surface area (Å²) >= 11 is 0. The number of nitrogens with zero attached hydrogens (tertiary/aromatic N) is 3. The highest BCUT2D eigenvalue weighted by Crippen LogP contribution is 2.63. The highest BCUT2D eigenvalue weighted by Gasteiger charge is 2.51. The van der Waals surface area contributed by atoms with Crippen LogP contribution in [0, 0.1) is 0 Å². The van der Waals surface area contributed by atoms with Gasteiger partial charge in [0.05, 0.1) is 22.1 Å². The third-order valence-corrected chi connectivity index (χ3v) is 12.0. The molecule has 0 saturated heterocycles. The lowest BCUT2D eigenvalue weighted by Gasteiger charge is -2.30. The molecule has 2 aliphatic carbocycles. The average molecular weight is 712 g/mol. The van der Waals surface area contributed by atoms with Gasteiger partial charge in [-0.25, -0.2) is 9.97 Å². The van der Waals surface area contributed by atoms with Crippen LogP contribution in [0.25, 0.3) is 83.6 Å². The monoisotopic (exact) mass is 711 g/mol. The first-order valence-corrected chi connectivity index (χ1v) is 19.2. The number of hydrogen-bond donors (Lipinski definition) is 0. The zero-order chi connectivity index (χ0) is 36.8. The van der Waals surface area contributed by atoms with Crippen molar-refractivity contribution in [3.63, 3.8) is 0 Å². The van der Waals surface area contributed by atoms with Crippen LogP contribution in [0.1, 0.15) is 22.3 Å². The van der Waals surface area contributed by atoms with E-state index in [1.54, 1.807) is 0 Å². The number of fused-ring (bicyclic) bond motifs is 13. The van der Waals surface area contributed by atoms with Crippen molar-refractivity contribution in [2.75, 3.05) is 0 Å². The molecule has 0 aliphatic heterocycles. The van der Waals surface area contributed by atoms with Crippen molar-refractivity contribution in [3.05, 3.63) is 222 Å². The van der Waals surface area contributed by atoms with Gasteiger partial charge in [-0.15, -0.1) is 0 Å². The van der Waals surface area contributed by atoms with Crippen LogP contribution in [0.5, 0.6) is 0 Å². The molecule has 0 unspecified atom stereocenters. The molecule has 2 heterocycles. The molecule has 0 amide bonds. The smallest absolute Gasteiger partial charge is 0.162 e. The lowest BCUT2D eigenvalue weighted by Crippen LogP contribution is -2.25. The number of rotatable bonds is 4. The van der Waals surface area contributed by atoms with E-state index >= 15 is 0 Å². The fraction of sp³-hybridized carbons (Fsp3) is 0.0189. The second kappa shape index (κ2) is 11.8. The minimum Gasteiger partial charge on any atom is -0.294 e. The largest absolute Gasteiger partial charge is 0.294 e. The predicted octanol–water partition coefficient (Wildman–Crippen LogP) is 12.9. The molecule has 10 aromatic rings. The van der Waals surface area contributed by atoms with Crippen LogP contribution in [-0.2, 0) is 5.41 Å². The van der Waals surface area contributed by atoms with E-state index in [9.17, 15) is 0 Å². The van der Waals surface area contributed by atoms with Gasteiger partial charge in [0.25, 0.3) is 0 Å². The number of hydrogen-bond acceptors (Lipinski definition) is 2. The Morgan fingerprint density at radius 3 is 1.48 bits per heavy atom. The molecule has 8 aromatic carbocycles. The van der Waals surface area contributed by atoms with E-state index in [0.717, 1.165) is 33.7 Å². The van der Waals surface area contributed by atoms with Crippen LogP contribution in [0.4, 0.5) is 0 Å². The van der Waals surface area contributed by atoms with Gasteiger partial charge in [0.15, 0.2) is 5.82 Å². The Hall–Kier alpha value is -7.36. The summed E-state index contributed by atoms with van der Waals surface area (Å²) in [5.41, 5.74) is 17.6. The third-order valence-electron chi connectivity index (χ3n) is 12.0. The van der Waals surface area contributed by atoms with E-state index in [2.05, 4.69) is 193 Å². The molecule has 2 aromatic heterocycles. The molecule has 2 aliphatic rings. The van der Waals surface area contributed by atoms with Crippen molar-refractivity contribution in [3.8, 4) is 61.8 Å². The zero-order valence-electron chi connectivity index (χ0n) is 30.4. The van der Waals surface area contributed by atoms with Gasteiger partial charge in [-0.1, -0.05) is 170 Å². The Labute approximate surface area is 324 Å². The summed E-state index contributed by atoms with van der Waals surface area (Å²) in [5.74, 6) is 1.53. The van der Waals surface area contributed by atoms with Crippen LogP contribution >= 0.6 is 0 Å². The van der Waals surface area contributed by atoms with Crippen LogP contribution in [-0.4, -0.2) is 14.5 Å². The topological polar surface area (TPSA) is 30.7 Å². The molecule has 3 heteroatoms. The Balaban J connectivity index is 1.21. The zero-order valence-corrected chi connectivity index (χ0v) is 30.4. The Kier molecular flexibility index (Phi) is 6.55. The first-order valence-electron chi connectivity index (χ1n) is 19.2. The van der Waals surface area contributed by atoms with Crippen LogP contribution < -0.4 is 0 Å². The summed E-state index contributed by atoms with van der Waals surface area (Å²) in [6.07, 6.45) is 0. The SMILES string of the molecule is c1ccc(-c2ccc3c(c2)c2cc4c(cc2n3-c2cc(-c3ccccc3)nc(-c3ccccc3)n2)-c2ccccc2C42c3ccccc3-c3ccccc32)cc1. The molecule has 56 heavy (non-hydrogen) atoms. The van der Waals surface area contributed by atoms with Crippen LogP contribution in [0.15, 0.2) is 200 Å². The van der Waals surface area contributed by atoms with E-state index in [1.165, 1.54) is 66.4 Å². The second-order valence-corrected chi connectivity index (χ2v) is 14.9. The molecule has 0 fully saturated rings. The summed E-state index contributed by atoms with van der Waals surface area (Å²) in [5, 5.41) is 2.39. The Morgan fingerprint density at radius 1 is 0.339 bits per heavy atom. The van der Waals surface area contributed by atoms with Crippen molar-refractivity contribution >= 4 is 21.8 Å². The van der Waals surface area contributed by atoms with Gasteiger partial charge < -0.3 is 0 Å². The minimum absolute atomic E-state index is 0.436. The summed E-state index contributed by atoms with van der Waals surface area (Å²) in [6, 6.07) is 72.5. The predicted molar refractivity (Wildman–Crippen MR) is 229 cm³/mol. The fourth-order valence-electron chi connectivity index (χ4n) is 9.68. The van der Waals surface area contributed by atoms with Crippen molar-refractivity contribution in [2.24, 2.45) is 0 Å². The maximum absolute atomic E-state index is 5.37. The molecular weight excluding hydrogens is 679 g/mol. The Morgan fingerprint density at radius 2 is 0.857 bits per heavy atom. The molecule has 0 bridgehead atoms. The summed E-state index contributed by atoms with van der Waals surface area (Å²) in [6.45, 7) is 0. The highest BCUT2D eigenvalue weighted by atomic mass is 15.1. The molecule has 0 saturated carbocycles. The van der Waals surface area contributed by atoms with Gasteiger partial charge in [0.2, 0.25) is 0 Å². The summed E-state index contributed by atoms with van der Waals surface area (Å²) < 4.78 is 2.37. The molecule has 0 N–H and O–H groups in total. The summed E-state index contributed by atoms with van der Waals surface area (Å²) in [4.78, 5) is 10.5. The molecule has 0 atom stereocenters. The van der Waals surface area contributed by atoms with E-state index in [4.69, 9.17) is 9.97 Å². The quantitative estimate of drug-likeness (QED) is 0.182. The van der Waals surface area contributed by atoms with Crippen molar-refractivity contribution in [1.29, 1.82) is 0 Å². The van der Waals surface area contributed by atoms with Gasteiger partial charge in [-0.3, -0.25) is 4.57 Å². The molecule has 0 radical (unpaired) electrons. The van der Waals surface area contributed by atoms with Crippen LogP contribution in [0.3, 0.4) is 0 Å². The highest BCUT2D eigenvalue weighted by molar-refractivity contribution is 6.13. The molecule has 12 rings (SSSR count). The Bertz CT molecular complexity index is 3080.